The van der Waals surface area contributed by atoms with Crippen LogP contribution in [0.4, 0.5) is 10.8 Å². The summed E-state index contributed by atoms with van der Waals surface area (Å²) < 4.78 is 10.6. The van der Waals surface area contributed by atoms with Gasteiger partial charge >= 0.3 is 12.1 Å². The van der Waals surface area contributed by atoms with Crippen molar-refractivity contribution in [2.24, 2.45) is 0 Å². The molecular formula is C14H19N3O5. The van der Waals surface area contributed by atoms with Crippen LogP contribution in [-0.4, -0.2) is 57.8 Å². The molecule has 4 rings (SSSR count). The molecule has 3 aliphatic heterocycles. The molecule has 0 aliphatic carbocycles. The van der Waals surface area contributed by atoms with Crippen molar-refractivity contribution in [3.05, 3.63) is 12.0 Å². The van der Waals surface area contributed by atoms with Gasteiger partial charge in [-0.3, -0.25) is 4.90 Å². The highest BCUT2D eigenvalue weighted by molar-refractivity contribution is 5.84. The highest BCUT2D eigenvalue weighted by Gasteiger charge is 2.49. The predicted octanol–water partition coefficient (Wildman–Crippen LogP) is 1.57. The van der Waals surface area contributed by atoms with E-state index in [-0.39, 0.29) is 30.0 Å². The molecule has 3 saturated heterocycles. The third-order valence-electron chi connectivity index (χ3n) is 3.77. The number of piperazine rings is 1. The molecule has 1 aromatic rings. The Morgan fingerprint density at radius 1 is 1.36 bits per heavy atom. The molecule has 1 N–H and O–H groups in total. The van der Waals surface area contributed by atoms with E-state index in [1.807, 2.05) is 25.7 Å². The minimum Gasteiger partial charge on any atom is -0.475 e. The maximum atomic E-state index is 12.2. The van der Waals surface area contributed by atoms with Gasteiger partial charge in [0, 0.05) is 13.1 Å². The van der Waals surface area contributed by atoms with Gasteiger partial charge in [-0.1, -0.05) is 0 Å². The molecule has 4 heterocycles. The van der Waals surface area contributed by atoms with E-state index in [1.54, 1.807) is 4.90 Å². The van der Waals surface area contributed by atoms with Gasteiger partial charge in [0.15, 0.2) is 0 Å². The molecule has 3 aliphatic rings. The van der Waals surface area contributed by atoms with Crippen molar-refractivity contribution in [2.75, 3.05) is 18.0 Å². The maximum Gasteiger partial charge on any atom is 0.410 e. The van der Waals surface area contributed by atoms with Crippen LogP contribution in [0.2, 0.25) is 0 Å². The van der Waals surface area contributed by atoms with E-state index in [0.29, 0.717) is 13.1 Å². The minimum absolute atomic E-state index is 0.0498. The first-order chi connectivity index (χ1) is 10.2. The zero-order valence-corrected chi connectivity index (χ0v) is 12.8. The molecule has 2 bridgehead atoms. The second kappa shape index (κ2) is 4.89. The topological polar surface area (TPSA) is 96.1 Å². The number of carbonyl (C=O) groups is 2. The highest BCUT2D eigenvalue weighted by Crippen LogP contribution is 2.35. The van der Waals surface area contributed by atoms with Gasteiger partial charge in [-0.25, -0.2) is 14.6 Å². The first-order valence-corrected chi connectivity index (χ1v) is 7.20. The molecule has 2 atom stereocenters. The molecule has 1 aromatic heterocycles. The van der Waals surface area contributed by atoms with Crippen LogP contribution >= 0.6 is 0 Å². The van der Waals surface area contributed by atoms with Crippen LogP contribution in [-0.2, 0) is 4.74 Å². The number of amides is 1. The molecule has 22 heavy (non-hydrogen) atoms. The summed E-state index contributed by atoms with van der Waals surface area (Å²) in [6.45, 7) is 6.65. The Labute approximate surface area is 127 Å². The van der Waals surface area contributed by atoms with Crippen molar-refractivity contribution in [1.29, 1.82) is 0 Å². The molecule has 0 aromatic carbocycles. The average molecular weight is 309 g/mol. The van der Waals surface area contributed by atoms with Gasteiger partial charge in [0.05, 0.1) is 18.3 Å². The lowest BCUT2D eigenvalue weighted by molar-refractivity contribution is -0.0386. The number of ether oxygens (including phenoxy) is 1. The van der Waals surface area contributed by atoms with E-state index in [4.69, 9.17) is 14.3 Å². The molecule has 120 valence electrons. The summed E-state index contributed by atoms with van der Waals surface area (Å²) in [5, 5.41) is 8.86. The van der Waals surface area contributed by atoms with E-state index in [0.717, 1.165) is 6.42 Å². The van der Waals surface area contributed by atoms with Crippen LogP contribution in [0.3, 0.4) is 0 Å². The van der Waals surface area contributed by atoms with Crippen molar-refractivity contribution in [1.82, 2.24) is 9.88 Å². The molecule has 8 nitrogen and oxygen atoms in total. The monoisotopic (exact) mass is 309 g/mol. The lowest BCUT2D eigenvalue weighted by Gasteiger charge is -2.55. The third kappa shape index (κ3) is 2.60. The molecule has 8 heteroatoms. The largest absolute Gasteiger partial charge is 0.475 e. The van der Waals surface area contributed by atoms with Gasteiger partial charge in [-0.05, 0) is 27.2 Å². The van der Waals surface area contributed by atoms with Gasteiger partial charge < -0.3 is 19.2 Å². The van der Waals surface area contributed by atoms with Crippen LogP contribution in [0, 0.1) is 0 Å². The number of aromatic nitrogens is 1. The van der Waals surface area contributed by atoms with E-state index >= 15 is 0 Å². The first kappa shape index (κ1) is 14.7. The van der Waals surface area contributed by atoms with Gasteiger partial charge in [-0.15, -0.1) is 0 Å². The second-order valence-electron chi connectivity index (χ2n) is 6.65. The summed E-state index contributed by atoms with van der Waals surface area (Å²) in [4.78, 5) is 30.6. The van der Waals surface area contributed by atoms with E-state index in [2.05, 4.69) is 4.98 Å². The van der Waals surface area contributed by atoms with Gasteiger partial charge in [0.2, 0.25) is 5.76 Å². The molecule has 2 unspecified atom stereocenters. The Hall–Kier alpha value is -2.25. The van der Waals surface area contributed by atoms with Crippen LogP contribution in [0.1, 0.15) is 37.7 Å². The average Bonchev–Trinajstić information content (AvgIpc) is 2.86. The number of anilines is 1. The van der Waals surface area contributed by atoms with Crippen LogP contribution in [0.25, 0.3) is 0 Å². The Bertz CT molecular complexity index is 594. The van der Waals surface area contributed by atoms with E-state index in [1.165, 1.54) is 6.20 Å². The van der Waals surface area contributed by atoms with Gasteiger partial charge in [0.1, 0.15) is 5.60 Å². The lowest BCUT2D eigenvalue weighted by Crippen LogP contribution is -2.70. The Morgan fingerprint density at radius 3 is 2.50 bits per heavy atom. The van der Waals surface area contributed by atoms with Crippen LogP contribution in [0.15, 0.2) is 10.6 Å². The number of hydrogen-bond acceptors (Lipinski definition) is 6. The second-order valence-corrected chi connectivity index (χ2v) is 6.65. The summed E-state index contributed by atoms with van der Waals surface area (Å²) in [7, 11) is 0. The van der Waals surface area contributed by atoms with Gasteiger partial charge in [-0.2, -0.15) is 0 Å². The van der Waals surface area contributed by atoms with E-state index < -0.39 is 11.6 Å². The number of carboxylic acid groups (broad SMARTS) is 1. The van der Waals surface area contributed by atoms with Crippen molar-refractivity contribution in [2.45, 2.75) is 44.9 Å². The molecule has 0 saturated carbocycles. The number of rotatable bonds is 2. The summed E-state index contributed by atoms with van der Waals surface area (Å²) >= 11 is 0. The van der Waals surface area contributed by atoms with Crippen LogP contribution < -0.4 is 4.90 Å². The number of oxazole rings is 1. The molecule has 1 amide bonds. The van der Waals surface area contributed by atoms with Gasteiger partial charge in [0.25, 0.3) is 6.01 Å². The first-order valence-electron chi connectivity index (χ1n) is 7.20. The maximum absolute atomic E-state index is 12.2. The fourth-order valence-electron chi connectivity index (χ4n) is 2.89. The normalized spacial score (nSPS) is 24.0. The number of fused-ring (bicyclic) bond motifs is 2. The lowest BCUT2D eigenvalue weighted by atomic mass is 9.88. The van der Waals surface area contributed by atoms with Crippen molar-refractivity contribution in [3.8, 4) is 0 Å². The summed E-state index contributed by atoms with van der Waals surface area (Å²) in [6.07, 6.45) is 1.82. The smallest absolute Gasteiger partial charge is 0.410 e. The number of piperidine rings is 1. The molecule has 3 fully saturated rings. The van der Waals surface area contributed by atoms with Crippen molar-refractivity contribution >= 4 is 18.1 Å². The summed E-state index contributed by atoms with van der Waals surface area (Å²) in [5.74, 6) is -1.32. The fraction of sp³-hybridized carbons (Fsp3) is 0.643. The SMILES string of the molecule is CC(C)(C)OC(=O)N1C2CC1CN(c1ncc(C(=O)O)o1)C2. The highest BCUT2D eigenvalue weighted by atomic mass is 16.6. The molecule has 0 spiro atoms. The summed E-state index contributed by atoms with van der Waals surface area (Å²) in [5.41, 5.74) is -0.514. The zero-order valence-electron chi connectivity index (χ0n) is 12.8. The van der Waals surface area contributed by atoms with Crippen LogP contribution in [0.5, 0.6) is 0 Å². The van der Waals surface area contributed by atoms with Crippen molar-refractivity contribution < 1.29 is 23.8 Å². The van der Waals surface area contributed by atoms with Crippen molar-refractivity contribution in [3.63, 3.8) is 0 Å². The summed E-state index contributed by atoms with van der Waals surface area (Å²) in [6, 6.07) is 0.387. The van der Waals surface area contributed by atoms with E-state index in [9.17, 15) is 9.59 Å². The Kier molecular flexibility index (Phi) is 3.26. The molecule has 0 radical (unpaired) electrons. The predicted molar refractivity (Wildman–Crippen MR) is 75.9 cm³/mol. The Balaban J connectivity index is 1.64. The Morgan fingerprint density at radius 2 is 2.00 bits per heavy atom. The molecular weight excluding hydrogens is 290 g/mol. The number of hydrogen-bond donors (Lipinski definition) is 1. The number of carbonyl (C=O) groups excluding carboxylic acids is 1. The number of carboxylic acids is 1. The standard InChI is InChI=1S/C14H19N3O5/c1-14(2,3)22-13(20)17-8-4-9(17)7-16(6-8)12-15-5-10(21-12)11(18)19/h5,8-9H,4,6-7H2,1-3H3,(H,18,19). The zero-order chi connectivity index (χ0) is 16.1. The fourth-order valence-corrected chi connectivity index (χ4v) is 2.89. The third-order valence-corrected chi connectivity index (χ3v) is 3.77. The minimum atomic E-state index is -1.14. The number of aromatic carboxylic acids is 1. The number of nitrogens with zero attached hydrogens (tertiary/aromatic N) is 3. The quantitative estimate of drug-likeness (QED) is 0.885.